The van der Waals surface area contributed by atoms with Crippen molar-refractivity contribution in [2.75, 3.05) is 5.88 Å². The van der Waals surface area contributed by atoms with E-state index >= 15 is 0 Å². The first kappa shape index (κ1) is 18.6. The summed E-state index contributed by atoms with van der Waals surface area (Å²) < 4.78 is 22.4. The van der Waals surface area contributed by atoms with Crippen molar-refractivity contribution >= 4 is 23.5 Å². The molecule has 6 atom stereocenters. The monoisotopic (exact) mass is 374 g/mol. The molecule has 3 saturated heterocycles. The fourth-order valence-electron chi connectivity index (χ4n) is 4.06. The number of carbonyl (C=O) groups excluding carboxylic acids is 2. The number of fused-ring (bicyclic) bond motifs is 1. The lowest BCUT2D eigenvalue weighted by atomic mass is 9.74. The molecule has 8 heteroatoms. The third-order valence-electron chi connectivity index (χ3n) is 5.12. The van der Waals surface area contributed by atoms with Gasteiger partial charge in [-0.15, -0.1) is 11.6 Å². The molecule has 0 spiro atoms. The summed E-state index contributed by atoms with van der Waals surface area (Å²) in [6, 6.07) is 0. The summed E-state index contributed by atoms with van der Waals surface area (Å²) in [7, 11) is 0. The highest BCUT2D eigenvalue weighted by Crippen LogP contribution is 2.61. The average Bonchev–Trinajstić information content (AvgIpc) is 2.71. The van der Waals surface area contributed by atoms with E-state index in [9.17, 15) is 14.7 Å². The van der Waals surface area contributed by atoms with Crippen molar-refractivity contribution in [2.24, 2.45) is 11.8 Å². The van der Waals surface area contributed by atoms with Gasteiger partial charge in [-0.05, 0) is 5.92 Å². The quantitative estimate of drug-likeness (QED) is 0.443. The van der Waals surface area contributed by atoms with Crippen molar-refractivity contribution in [3.63, 3.8) is 0 Å². The Morgan fingerprint density at radius 2 is 2.12 bits per heavy atom. The summed E-state index contributed by atoms with van der Waals surface area (Å²) >= 11 is 6.18. The SMILES string of the molecule is C=C1[C@@H]2O[C@H](OC(=O)CC(C)C)[C@H]3[C@@](CCl)(O2)[C@H](OC(C)=O)C[C@@]13O. The Hall–Kier alpha value is -1.15. The molecule has 0 aromatic rings. The van der Waals surface area contributed by atoms with Crippen LogP contribution in [0.3, 0.4) is 0 Å². The van der Waals surface area contributed by atoms with Crippen LogP contribution >= 0.6 is 11.6 Å². The van der Waals surface area contributed by atoms with E-state index < -0.39 is 47.7 Å². The van der Waals surface area contributed by atoms with E-state index in [0.717, 1.165) is 0 Å². The molecular formula is C17H23ClO7. The van der Waals surface area contributed by atoms with Gasteiger partial charge in [0.25, 0.3) is 0 Å². The molecule has 7 nitrogen and oxygen atoms in total. The van der Waals surface area contributed by atoms with E-state index in [2.05, 4.69) is 6.58 Å². The Labute approximate surface area is 151 Å². The van der Waals surface area contributed by atoms with Crippen molar-refractivity contribution in [3.05, 3.63) is 12.2 Å². The molecule has 0 aromatic heterocycles. The number of alkyl halides is 1. The molecule has 1 N–H and O–H groups in total. The number of carbonyl (C=O) groups is 2. The molecule has 3 heterocycles. The molecule has 0 unspecified atom stereocenters. The minimum atomic E-state index is -1.45. The van der Waals surface area contributed by atoms with Gasteiger partial charge in [-0.1, -0.05) is 20.4 Å². The first-order valence-electron chi connectivity index (χ1n) is 8.31. The summed E-state index contributed by atoms with van der Waals surface area (Å²) in [5.74, 6) is -1.70. The second-order valence-electron chi connectivity index (χ2n) is 7.36. The molecule has 140 valence electrons. The van der Waals surface area contributed by atoms with Crippen molar-refractivity contribution in [2.45, 2.75) is 63.5 Å². The van der Waals surface area contributed by atoms with E-state index in [-0.39, 0.29) is 24.6 Å². The number of ether oxygens (including phenoxy) is 4. The number of rotatable bonds is 5. The second kappa shape index (κ2) is 6.23. The van der Waals surface area contributed by atoms with E-state index in [1.807, 2.05) is 13.8 Å². The van der Waals surface area contributed by atoms with Gasteiger partial charge >= 0.3 is 11.9 Å². The number of hydrogen-bond acceptors (Lipinski definition) is 7. The smallest absolute Gasteiger partial charge is 0.308 e. The number of hydrogen-bond donors (Lipinski definition) is 1. The summed E-state index contributed by atoms with van der Waals surface area (Å²) in [4.78, 5) is 23.6. The topological polar surface area (TPSA) is 91.3 Å². The molecule has 0 radical (unpaired) electrons. The van der Waals surface area contributed by atoms with E-state index in [4.69, 9.17) is 30.5 Å². The number of esters is 2. The van der Waals surface area contributed by atoms with Crippen LogP contribution in [0, 0.1) is 11.8 Å². The molecule has 1 aliphatic carbocycles. The third-order valence-corrected chi connectivity index (χ3v) is 5.54. The Bertz CT molecular complexity index is 606. The van der Waals surface area contributed by atoms with Gasteiger partial charge in [0, 0.05) is 25.3 Å². The highest BCUT2D eigenvalue weighted by atomic mass is 35.5. The Morgan fingerprint density at radius 3 is 2.68 bits per heavy atom. The Kier molecular flexibility index (Phi) is 4.64. The summed E-state index contributed by atoms with van der Waals surface area (Å²) in [6.45, 7) is 8.93. The van der Waals surface area contributed by atoms with Crippen LogP contribution in [-0.4, -0.2) is 52.8 Å². The zero-order chi connectivity index (χ0) is 18.6. The van der Waals surface area contributed by atoms with Gasteiger partial charge in [-0.25, -0.2) is 0 Å². The zero-order valence-electron chi connectivity index (χ0n) is 14.5. The third kappa shape index (κ3) is 2.77. The maximum absolute atomic E-state index is 12.1. The van der Waals surface area contributed by atoms with Crippen molar-refractivity contribution in [3.8, 4) is 0 Å². The predicted molar refractivity (Wildman–Crippen MR) is 86.5 cm³/mol. The van der Waals surface area contributed by atoms with Crippen LogP contribution in [0.5, 0.6) is 0 Å². The van der Waals surface area contributed by atoms with Gasteiger partial charge in [-0.2, -0.15) is 0 Å². The van der Waals surface area contributed by atoms with Crippen LogP contribution in [0.15, 0.2) is 12.2 Å². The molecule has 4 aliphatic rings. The number of halogens is 1. The van der Waals surface area contributed by atoms with Crippen LogP contribution in [-0.2, 0) is 28.5 Å². The lowest BCUT2D eigenvalue weighted by Gasteiger charge is -2.55. The van der Waals surface area contributed by atoms with E-state index in [1.54, 1.807) is 0 Å². The highest BCUT2D eigenvalue weighted by molar-refractivity contribution is 6.18. The van der Waals surface area contributed by atoms with Gasteiger partial charge in [-0.3, -0.25) is 9.59 Å². The molecule has 4 rings (SSSR count). The summed E-state index contributed by atoms with van der Waals surface area (Å²) in [6.07, 6.45) is -2.51. The molecule has 4 bridgehead atoms. The van der Waals surface area contributed by atoms with Gasteiger partial charge in [0.15, 0.2) is 6.29 Å². The van der Waals surface area contributed by atoms with Crippen LogP contribution in [0.25, 0.3) is 0 Å². The van der Waals surface area contributed by atoms with Gasteiger partial charge in [0.05, 0.1) is 11.8 Å². The maximum atomic E-state index is 12.1. The summed E-state index contributed by atoms with van der Waals surface area (Å²) in [5, 5.41) is 11.2. The largest absolute Gasteiger partial charge is 0.459 e. The Morgan fingerprint density at radius 1 is 1.44 bits per heavy atom. The molecule has 4 fully saturated rings. The summed E-state index contributed by atoms with van der Waals surface area (Å²) in [5.41, 5.74) is -2.32. The van der Waals surface area contributed by atoms with Gasteiger partial charge < -0.3 is 24.1 Å². The van der Waals surface area contributed by atoms with Gasteiger partial charge in [0.2, 0.25) is 6.29 Å². The molecule has 0 aromatic carbocycles. The van der Waals surface area contributed by atoms with Crippen LogP contribution < -0.4 is 0 Å². The lowest BCUT2D eigenvalue weighted by molar-refractivity contribution is -0.380. The first-order valence-corrected chi connectivity index (χ1v) is 8.85. The fourth-order valence-corrected chi connectivity index (χ4v) is 4.46. The lowest BCUT2D eigenvalue weighted by Crippen LogP contribution is -2.69. The molecular weight excluding hydrogens is 352 g/mol. The Balaban J connectivity index is 1.93. The normalized spacial score (nSPS) is 41.9. The van der Waals surface area contributed by atoms with Gasteiger partial charge in [0.1, 0.15) is 17.3 Å². The molecule has 1 saturated carbocycles. The number of aliphatic hydroxyl groups is 1. The minimum absolute atomic E-state index is 0.0523. The molecule has 25 heavy (non-hydrogen) atoms. The van der Waals surface area contributed by atoms with E-state index in [1.165, 1.54) is 6.92 Å². The minimum Gasteiger partial charge on any atom is -0.459 e. The molecule has 3 aliphatic heterocycles. The van der Waals surface area contributed by atoms with Crippen LogP contribution in [0.4, 0.5) is 0 Å². The van der Waals surface area contributed by atoms with Crippen molar-refractivity contribution in [1.29, 1.82) is 0 Å². The standard InChI is InChI=1S/C17H23ClO7/c1-8(2)5-12(20)23-15-13-16(21)6-11(22-10(4)19)17(13,7-18)25-14(24-15)9(16)3/h8,11,13-15,21H,3,5-7H2,1-2,4H3/t11-,13-,14-,15+,16-,17+/m1/s1. The van der Waals surface area contributed by atoms with Crippen LogP contribution in [0.2, 0.25) is 0 Å². The van der Waals surface area contributed by atoms with Crippen molar-refractivity contribution < 1.29 is 33.6 Å². The second-order valence-corrected chi connectivity index (χ2v) is 7.63. The maximum Gasteiger partial charge on any atom is 0.308 e. The van der Waals surface area contributed by atoms with E-state index in [0.29, 0.717) is 5.57 Å². The fraction of sp³-hybridized carbons (Fsp3) is 0.765. The predicted octanol–water partition coefficient (Wildman–Crippen LogP) is 1.50. The molecule has 0 amide bonds. The highest BCUT2D eigenvalue weighted by Gasteiger charge is 2.76. The average molecular weight is 375 g/mol. The zero-order valence-corrected chi connectivity index (χ0v) is 15.2. The van der Waals surface area contributed by atoms with Crippen molar-refractivity contribution in [1.82, 2.24) is 0 Å². The first-order chi connectivity index (χ1) is 11.6. The van der Waals surface area contributed by atoms with Crippen LogP contribution in [0.1, 0.15) is 33.6 Å².